The molecule has 0 N–H and O–H groups in total. The first-order chi connectivity index (χ1) is 12.6. The predicted octanol–water partition coefficient (Wildman–Crippen LogP) is 3.34. The van der Waals surface area contributed by atoms with Crippen LogP contribution in [-0.2, 0) is 16.0 Å². The van der Waals surface area contributed by atoms with Crippen LogP contribution in [0.5, 0.6) is 0 Å². The molecule has 0 unspecified atom stereocenters. The summed E-state index contributed by atoms with van der Waals surface area (Å²) in [7, 11) is 1.82. The molecule has 2 heterocycles. The van der Waals surface area contributed by atoms with E-state index < -0.39 is 0 Å². The summed E-state index contributed by atoms with van der Waals surface area (Å²) in [6.07, 6.45) is 6.45. The van der Waals surface area contributed by atoms with Crippen LogP contribution in [0.4, 0.5) is 0 Å². The van der Waals surface area contributed by atoms with Crippen molar-refractivity contribution in [3.63, 3.8) is 0 Å². The largest absolute Gasteiger partial charge is 0.381 e. The summed E-state index contributed by atoms with van der Waals surface area (Å²) in [6.45, 7) is 8.39. The number of aryl methyl sites for hydroxylation is 3. The second-order valence-electron chi connectivity index (χ2n) is 8.00. The van der Waals surface area contributed by atoms with Crippen molar-refractivity contribution in [2.75, 3.05) is 33.3 Å². The molecule has 1 amide bonds. The monoisotopic (exact) mass is 358 g/mol. The molecule has 0 aliphatic carbocycles. The Morgan fingerprint density at radius 1 is 1.04 bits per heavy atom. The van der Waals surface area contributed by atoms with Crippen LogP contribution in [0, 0.1) is 13.8 Å². The Morgan fingerprint density at radius 3 is 2.35 bits per heavy atom. The highest BCUT2D eigenvalue weighted by Gasteiger charge is 2.29. The smallest absolute Gasteiger partial charge is 0.222 e. The number of methoxy groups -OCH3 is 1. The minimum absolute atomic E-state index is 0.319. The molecule has 0 bridgehead atoms. The number of rotatable bonds is 5. The summed E-state index contributed by atoms with van der Waals surface area (Å²) in [6, 6.07) is 7.19. The van der Waals surface area contributed by atoms with Crippen molar-refractivity contribution in [2.24, 2.45) is 0 Å². The molecule has 1 aromatic rings. The standard InChI is InChI=1S/C22H34N2O2/c1-17-4-5-19(16-18(17)2)6-7-22(25)24-12-8-20(9-13-24)23-14-10-21(26-3)11-15-23/h4-5,16,20-21H,6-15H2,1-3H3. The number of likely N-dealkylation sites (tertiary alicyclic amines) is 2. The second-order valence-corrected chi connectivity index (χ2v) is 8.00. The Hall–Kier alpha value is -1.39. The van der Waals surface area contributed by atoms with Crippen LogP contribution in [-0.4, -0.2) is 61.1 Å². The number of ether oxygens (including phenoxy) is 1. The molecule has 0 saturated carbocycles. The summed E-state index contributed by atoms with van der Waals surface area (Å²) >= 11 is 0. The van der Waals surface area contributed by atoms with Gasteiger partial charge in [-0.3, -0.25) is 4.79 Å². The molecular weight excluding hydrogens is 324 g/mol. The van der Waals surface area contributed by atoms with E-state index in [1.165, 1.54) is 16.7 Å². The third kappa shape index (κ3) is 4.86. The zero-order valence-corrected chi connectivity index (χ0v) is 16.7. The summed E-state index contributed by atoms with van der Waals surface area (Å²) in [5.41, 5.74) is 3.90. The molecule has 4 nitrogen and oxygen atoms in total. The van der Waals surface area contributed by atoms with Crippen LogP contribution in [0.2, 0.25) is 0 Å². The maximum Gasteiger partial charge on any atom is 0.222 e. The van der Waals surface area contributed by atoms with E-state index in [2.05, 4.69) is 41.8 Å². The number of carbonyl (C=O) groups excluding carboxylic acids is 1. The Morgan fingerprint density at radius 2 is 1.73 bits per heavy atom. The van der Waals surface area contributed by atoms with Gasteiger partial charge in [-0.1, -0.05) is 18.2 Å². The molecule has 4 heteroatoms. The maximum atomic E-state index is 12.6. The molecule has 2 fully saturated rings. The molecule has 0 radical (unpaired) electrons. The van der Waals surface area contributed by atoms with E-state index in [0.29, 0.717) is 24.5 Å². The van der Waals surface area contributed by atoms with Gasteiger partial charge < -0.3 is 14.5 Å². The molecule has 3 rings (SSSR count). The fourth-order valence-corrected chi connectivity index (χ4v) is 4.33. The number of carbonyl (C=O) groups is 1. The van der Waals surface area contributed by atoms with E-state index in [-0.39, 0.29) is 0 Å². The molecule has 2 saturated heterocycles. The Kier molecular flexibility index (Phi) is 6.71. The van der Waals surface area contributed by atoms with Crippen molar-refractivity contribution < 1.29 is 9.53 Å². The summed E-state index contributed by atoms with van der Waals surface area (Å²) in [5, 5.41) is 0. The van der Waals surface area contributed by atoms with Crippen LogP contribution in [0.15, 0.2) is 18.2 Å². The van der Waals surface area contributed by atoms with Gasteiger partial charge in [-0.25, -0.2) is 0 Å². The molecule has 0 spiro atoms. The minimum atomic E-state index is 0.319. The Labute approximate surface area is 158 Å². The lowest BCUT2D eigenvalue weighted by molar-refractivity contribution is -0.132. The maximum absolute atomic E-state index is 12.6. The number of piperidine rings is 2. The van der Waals surface area contributed by atoms with Crippen molar-refractivity contribution >= 4 is 5.91 Å². The molecule has 26 heavy (non-hydrogen) atoms. The molecule has 2 aliphatic rings. The number of hydrogen-bond acceptors (Lipinski definition) is 3. The van der Waals surface area contributed by atoms with Crippen LogP contribution in [0.25, 0.3) is 0 Å². The lowest BCUT2D eigenvalue weighted by atomic mass is 9.98. The topological polar surface area (TPSA) is 32.8 Å². The fraction of sp³-hybridized carbons (Fsp3) is 0.682. The number of benzene rings is 1. The number of hydrogen-bond donors (Lipinski definition) is 0. The van der Waals surface area contributed by atoms with Gasteiger partial charge in [-0.2, -0.15) is 0 Å². The van der Waals surface area contributed by atoms with Crippen molar-refractivity contribution in [3.05, 3.63) is 34.9 Å². The van der Waals surface area contributed by atoms with Gasteiger partial charge in [0.25, 0.3) is 0 Å². The predicted molar refractivity (Wildman–Crippen MR) is 105 cm³/mol. The van der Waals surface area contributed by atoms with Gasteiger partial charge in [0.1, 0.15) is 0 Å². The first-order valence-corrected chi connectivity index (χ1v) is 10.2. The van der Waals surface area contributed by atoms with Gasteiger partial charge in [0.15, 0.2) is 0 Å². The van der Waals surface area contributed by atoms with E-state index in [1.807, 2.05) is 7.11 Å². The van der Waals surface area contributed by atoms with Gasteiger partial charge in [0, 0.05) is 45.8 Å². The quantitative estimate of drug-likeness (QED) is 0.809. The van der Waals surface area contributed by atoms with E-state index in [1.54, 1.807) is 0 Å². The van der Waals surface area contributed by atoms with Crippen LogP contribution >= 0.6 is 0 Å². The average Bonchev–Trinajstić information content (AvgIpc) is 2.69. The van der Waals surface area contributed by atoms with Gasteiger partial charge >= 0.3 is 0 Å². The Balaban J connectivity index is 1.41. The van der Waals surface area contributed by atoms with Gasteiger partial charge in [-0.15, -0.1) is 0 Å². The first-order valence-electron chi connectivity index (χ1n) is 10.2. The van der Waals surface area contributed by atoms with Crippen molar-refractivity contribution in [2.45, 2.75) is 64.5 Å². The molecule has 2 aliphatic heterocycles. The van der Waals surface area contributed by atoms with Gasteiger partial charge in [0.05, 0.1) is 6.10 Å². The minimum Gasteiger partial charge on any atom is -0.381 e. The molecule has 1 aromatic carbocycles. The zero-order chi connectivity index (χ0) is 18.5. The molecule has 144 valence electrons. The summed E-state index contributed by atoms with van der Waals surface area (Å²) in [5.74, 6) is 0.319. The third-order valence-electron chi connectivity index (χ3n) is 6.34. The molecule has 0 aromatic heterocycles. The van der Waals surface area contributed by atoms with Crippen molar-refractivity contribution in [1.82, 2.24) is 9.80 Å². The van der Waals surface area contributed by atoms with E-state index in [4.69, 9.17) is 4.74 Å². The zero-order valence-electron chi connectivity index (χ0n) is 16.7. The first kappa shape index (κ1) is 19.4. The SMILES string of the molecule is COC1CCN(C2CCN(C(=O)CCc3ccc(C)c(C)c3)CC2)CC1. The summed E-state index contributed by atoms with van der Waals surface area (Å²) < 4.78 is 5.47. The molecular formula is C22H34N2O2. The highest BCUT2D eigenvalue weighted by Crippen LogP contribution is 2.22. The normalized spacial score (nSPS) is 20.5. The van der Waals surface area contributed by atoms with E-state index in [0.717, 1.165) is 58.3 Å². The Bertz CT molecular complexity index is 600. The fourth-order valence-electron chi connectivity index (χ4n) is 4.33. The lowest BCUT2D eigenvalue weighted by Crippen LogP contribution is -2.49. The van der Waals surface area contributed by atoms with Crippen molar-refractivity contribution in [1.29, 1.82) is 0 Å². The highest BCUT2D eigenvalue weighted by molar-refractivity contribution is 5.76. The van der Waals surface area contributed by atoms with Crippen LogP contribution < -0.4 is 0 Å². The van der Waals surface area contributed by atoms with Crippen LogP contribution in [0.3, 0.4) is 0 Å². The van der Waals surface area contributed by atoms with E-state index >= 15 is 0 Å². The van der Waals surface area contributed by atoms with Gasteiger partial charge in [0.2, 0.25) is 5.91 Å². The van der Waals surface area contributed by atoms with Crippen LogP contribution in [0.1, 0.15) is 48.8 Å². The lowest BCUT2D eigenvalue weighted by Gasteiger charge is -2.41. The summed E-state index contributed by atoms with van der Waals surface area (Å²) in [4.78, 5) is 17.3. The van der Waals surface area contributed by atoms with Gasteiger partial charge in [-0.05, 0) is 62.6 Å². The molecule has 0 atom stereocenters. The number of amides is 1. The third-order valence-corrected chi connectivity index (χ3v) is 6.34. The van der Waals surface area contributed by atoms with Crippen molar-refractivity contribution in [3.8, 4) is 0 Å². The van der Waals surface area contributed by atoms with E-state index in [9.17, 15) is 4.79 Å². The highest BCUT2D eigenvalue weighted by atomic mass is 16.5. The average molecular weight is 359 g/mol. The second kappa shape index (κ2) is 9.01. The number of nitrogens with zero attached hydrogens (tertiary/aromatic N) is 2.